The Morgan fingerprint density at radius 2 is 0.792 bits per heavy atom. The summed E-state index contributed by atoms with van der Waals surface area (Å²) >= 11 is 0. The molecule has 0 amide bonds. The summed E-state index contributed by atoms with van der Waals surface area (Å²) in [5, 5.41) is 0. The molecule has 0 aliphatic carbocycles. The highest BCUT2D eigenvalue weighted by atomic mass is 14.1. The largest absolute Gasteiger partial charge is 0.0955 e. The predicted molar refractivity (Wildman–Crippen MR) is 112 cm³/mol. The van der Waals surface area contributed by atoms with Crippen molar-refractivity contribution in [2.24, 2.45) is 0 Å². The molecule has 2 aromatic carbocycles. The van der Waals surface area contributed by atoms with E-state index < -0.39 is 0 Å². The molecule has 0 unspecified atom stereocenters. The minimum absolute atomic E-state index is 1.09. The van der Waals surface area contributed by atoms with Crippen molar-refractivity contribution in [3.63, 3.8) is 0 Å². The first-order valence-electron chi connectivity index (χ1n) is 8.06. The molecule has 0 aromatic heterocycles. The fourth-order valence-electron chi connectivity index (χ4n) is 2.27. The minimum Gasteiger partial charge on any atom is -0.0955 e. The van der Waals surface area contributed by atoms with Crippen LogP contribution in [-0.4, -0.2) is 0 Å². The third kappa shape index (κ3) is 5.55. The van der Waals surface area contributed by atoms with Crippen LogP contribution in [0, 0.1) is 0 Å². The van der Waals surface area contributed by atoms with Crippen molar-refractivity contribution in [1.82, 2.24) is 0 Å². The summed E-state index contributed by atoms with van der Waals surface area (Å²) in [6.45, 7) is 23.7. The lowest BCUT2D eigenvalue weighted by Gasteiger charge is -2.07. The molecule has 2 rings (SSSR count). The normalized spacial score (nSPS) is 9.50. The maximum atomic E-state index is 3.93. The first-order valence-corrected chi connectivity index (χ1v) is 8.06. The Morgan fingerprint density at radius 3 is 1.00 bits per heavy atom. The van der Waals surface area contributed by atoms with Gasteiger partial charge >= 0.3 is 0 Å². The van der Waals surface area contributed by atoms with Crippen LogP contribution in [0.15, 0.2) is 74.8 Å². The molecule has 0 radical (unpaired) electrons. The van der Waals surface area contributed by atoms with Crippen LogP contribution in [0.2, 0.25) is 0 Å². The van der Waals surface area contributed by atoms with Crippen LogP contribution in [0.3, 0.4) is 0 Å². The molecule has 24 heavy (non-hydrogen) atoms. The molecule has 0 saturated carbocycles. The van der Waals surface area contributed by atoms with Gasteiger partial charge in [-0.05, 0) is 49.9 Å². The van der Waals surface area contributed by atoms with Gasteiger partial charge in [0.05, 0.1) is 0 Å². The van der Waals surface area contributed by atoms with E-state index in [0.29, 0.717) is 0 Å². The Balaban J connectivity index is 0.000000240. The van der Waals surface area contributed by atoms with Crippen LogP contribution < -0.4 is 0 Å². The highest BCUT2D eigenvalue weighted by Gasteiger charge is 2.01. The topological polar surface area (TPSA) is 0 Å². The predicted octanol–water partition coefficient (Wildman–Crippen LogP) is 7.51. The molecule has 0 heteroatoms. The van der Waals surface area contributed by atoms with Gasteiger partial charge in [0, 0.05) is 0 Å². The van der Waals surface area contributed by atoms with Gasteiger partial charge in [-0.15, -0.1) is 0 Å². The van der Waals surface area contributed by atoms with E-state index in [0.717, 1.165) is 22.3 Å². The van der Waals surface area contributed by atoms with E-state index in [4.69, 9.17) is 0 Å². The molecule has 0 heterocycles. The molecule has 124 valence electrons. The molecule has 0 nitrogen and oxygen atoms in total. The second-order valence-electron chi connectivity index (χ2n) is 6.24. The summed E-state index contributed by atoms with van der Waals surface area (Å²) in [4.78, 5) is 0. The maximum absolute atomic E-state index is 3.93. The van der Waals surface area contributed by atoms with Crippen LogP contribution >= 0.6 is 0 Å². The lowest BCUT2D eigenvalue weighted by molar-refractivity contribution is 1.50. The van der Waals surface area contributed by atoms with Gasteiger partial charge < -0.3 is 0 Å². The summed E-state index contributed by atoms with van der Waals surface area (Å²) in [7, 11) is 0. The quantitative estimate of drug-likeness (QED) is 0.547. The Kier molecular flexibility index (Phi) is 7.20. The lowest BCUT2D eigenvalue weighted by Crippen LogP contribution is -1.86. The molecule has 0 atom stereocenters. The van der Waals surface area contributed by atoms with Gasteiger partial charge in [0.2, 0.25) is 0 Å². The third-order valence-corrected chi connectivity index (χ3v) is 3.72. The Bertz CT molecular complexity index is 689. The molecule has 0 spiro atoms. The number of hydrogen-bond donors (Lipinski definition) is 0. The van der Waals surface area contributed by atoms with Crippen molar-refractivity contribution in [2.45, 2.75) is 27.7 Å². The van der Waals surface area contributed by atoms with Gasteiger partial charge in [0.15, 0.2) is 0 Å². The zero-order chi connectivity index (χ0) is 18.3. The van der Waals surface area contributed by atoms with Crippen LogP contribution in [0.25, 0.3) is 22.3 Å². The number of allylic oxidation sites excluding steroid dienone is 4. The third-order valence-electron chi connectivity index (χ3n) is 3.72. The Hall–Kier alpha value is -2.60. The van der Waals surface area contributed by atoms with Gasteiger partial charge in [-0.2, -0.15) is 0 Å². The van der Waals surface area contributed by atoms with Crippen LogP contribution in [-0.2, 0) is 0 Å². The standard InChI is InChI=1S/2C12H14/c1-9(2)11-5-7-12(8-6-11)10(3)4;1-9(2)11-7-5-6-8-12(11)10(3)4/h2*5-8H,1,3H2,2,4H3. The minimum atomic E-state index is 1.09. The van der Waals surface area contributed by atoms with E-state index >= 15 is 0 Å². The summed E-state index contributed by atoms with van der Waals surface area (Å²) in [6, 6.07) is 16.5. The average molecular weight is 316 g/mol. The number of benzene rings is 2. The molecule has 2 aromatic rings. The number of rotatable bonds is 4. The van der Waals surface area contributed by atoms with Gasteiger partial charge in [-0.1, -0.05) is 97.1 Å². The zero-order valence-corrected chi connectivity index (χ0v) is 15.4. The molecule has 0 N–H and O–H groups in total. The smallest absolute Gasteiger partial charge is 0.0158 e. The fourth-order valence-corrected chi connectivity index (χ4v) is 2.27. The average Bonchev–Trinajstić information content (AvgIpc) is 2.55. The van der Waals surface area contributed by atoms with Crippen molar-refractivity contribution in [1.29, 1.82) is 0 Å². The van der Waals surface area contributed by atoms with Crippen molar-refractivity contribution < 1.29 is 0 Å². The molecule has 0 aliphatic rings. The second-order valence-corrected chi connectivity index (χ2v) is 6.24. The zero-order valence-electron chi connectivity index (χ0n) is 15.4. The highest BCUT2D eigenvalue weighted by Crippen LogP contribution is 2.22. The Labute approximate surface area is 147 Å². The van der Waals surface area contributed by atoms with Crippen LogP contribution in [0.1, 0.15) is 49.9 Å². The Morgan fingerprint density at radius 1 is 0.500 bits per heavy atom. The monoisotopic (exact) mass is 316 g/mol. The van der Waals surface area contributed by atoms with Crippen LogP contribution in [0.4, 0.5) is 0 Å². The van der Waals surface area contributed by atoms with E-state index in [9.17, 15) is 0 Å². The summed E-state index contributed by atoms with van der Waals surface area (Å²) in [5.74, 6) is 0. The first-order chi connectivity index (χ1) is 11.2. The van der Waals surface area contributed by atoms with Crippen LogP contribution in [0.5, 0.6) is 0 Å². The maximum Gasteiger partial charge on any atom is -0.0158 e. The van der Waals surface area contributed by atoms with Gasteiger partial charge in [0.25, 0.3) is 0 Å². The summed E-state index contributed by atoms with van der Waals surface area (Å²) in [6.07, 6.45) is 0. The van der Waals surface area contributed by atoms with Crippen molar-refractivity contribution in [3.8, 4) is 0 Å². The fraction of sp³-hybridized carbons (Fsp3) is 0.167. The summed E-state index contributed by atoms with van der Waals surface area (Å²) in [5.41, 5.74) is 9.17. The molecular weight excluding hydrogens is 288 g/mol. The van der Waals surface area contributed by atoms with Crippen molar-refractivity contribution in [2.75, 3.05) is 0 Å². The van der Waals surface area contributed by atoms with Gasteiger partial charge in [-0.3, -0.25) is 0 Å². The first kappa shape index (κ1) is 19.4. The molecular formula is C24H28. The molecule has 0 aliphatic heterocycles. The van der Waals surface area contributed by atoms with E-state index in [-0.39, 0.29) is 0 Å². The summed E-state index contributed by atoms with van der Waals surface area (Å²) < 4.78 is 0. The van der Waals surface area contributed by atoms with E-state index in [2.05, 4.69) is 62.7 Å². The van der Waals surface area contributed by atoms with E-state index in [1.807, 2.05) is 39.8 Å². The highest BCUT2D eigenvalue weighted by molar-refractivity contribution is 5.76. The number of hydrogen-bond acceptors (Lipinski definition) is 0. The van der Waals surface area contributed by atoms with E-state index in [1.165, 1.54) is 22.3 Å². The van der Waals surface area contributed by atoms with Crippen molar-refractivity contribution in [3.05, 3.63) is 97.1 Å². The SMILES string of the molecule is C=C(C)c1ccc(C(=C)C)cc1.C=C(C)c1ccccc1C(=C)C. The molecule has 0 fully saturated rings. The molecule has 0 saturated heterocycles. The van der Waals surface area contributed by atoms with Crippen molar-refractivity contribution >= 4 is 22.3 Å². The van der Waals surface area contributed by atoms with Gasteiger partial charge in [0.1, 0.15) is 0 Å². The molecule has 0 bridgehead atoms. The lowest BCUT2D eigenvalue weighted by atomic mass is 9.98. The van der Waals surface area contributed by atoms with Gasteiger partial charge in [-0.25, -0.2) is 0 Å². The second kappa shape index (κ2) is 8.88. The van der Waals surface area contributed by atoms with E-state index in [1.54, 1.807) is 0 Å².